The summed E-state index contributed by atoms with van der Waals surface area (Å²) in [6.45, 7) is 9.02. The van der Waals surface area contributed by atoms with E-state index >= 15 is 0 Å². The standard InChI is InChI=1S/C32H28BrN/c1-21-15-17-24-19-27(32(2,3)4)29(25(24)18-16-21)26-20-28(22-11-7-5-8-12-22)34-31(30(26)33)23-13-9-6-10-14-23/h5-20H,1-4H3. The van der Waals surface area contributed by atoms with Crippen LogP contribution in [-0.2, 0) is 5.41 Å². The number of fused-ring (bicyclic) bond motifs is 1. The average molecular weight is 506 g/mol. The van der Waals surface area contributed by atoms with E-state index in [0.29, 0.717) is 0 Å². The Labute approximate surface area is 211 Å². The van der Waals surface area contributed by atoms with Crippen LogP contribution in [0.25, 0.3) is 44.8 Å². The molecule has 0 spiro atoms. The molecule has 0 bridgehead atoms. The van der Waals surface area contributed by atoms with Gasteiger partial charge in [0.25, 0.3) is 0 Å². The molecule has 0 N–H and O–H groups in total. The van der Waals surface area contributed by atoms with Crippen LogP contribution in [0, 0.1) is 6.92 Å². The number of benzene rings is 2. The van der Waals surface area contributed by atoms with Gasteiger partial charge in [0, 0.05) is 16.7 Å². The van der Waals surface area contributed by atoms with E-state index in [1.165, 1.54) is 33.4 Å². The Morgan fingerprint density at radius 3 is 1.91 bits per heavy atom. The van der Waals surface area contributed by atoms with Gasteiger partial charge in [0.2, 0.25) is 0 Å². The third-order valence-electron chi connectivity index (χ3n) is 6.34. The number of pyridine rings is 1. The fraction of sp³-hybridized carbons (Fsp3) is 0.156. The maximum Gasteiger partial charge on any atom is 0.0857 e. The lowest BCUT2D eigenvalue weighted by Crippen LogP contribution is -2.11. The molecule has 168 valence electrons. The van der Waals surface area contributed by atoms with Crippen LogP contribution in [-0.4, -0.2) is 4.98 Å². The van der Waals surface area contributed by atoms with Gasteiger partial charge in [0.1, 0.15) is 0 Å². The lowest BCUT2D eigenvalue weighted by molar-refractivity contribution is 0.594. The highest BCUT2D eigenvalue weighted by Gasteiger charge is 2.27. The average Bonchev–Trinajstić information content (AvgIpc) is 3.11. The minimum atomic E-state index is -0.00942. The summed E-state index contributed by atoms with van der Waals surface area (Å²) < 4.78 is 1.03. The molecule has 0 radical (unpaired) electrons. The zero-order chi connectivity index (χ0) is 23.9. The first-order valence-electron chi connectivity index (χ1n) is 11.7. The van der Waals surface area contributed by atoms with Gasteiger partial charge in [-0.05, 0) is 62.7 Å². The van der Waals surface area contributed by atoms with Crippen molar-refractivity contribution in [3.8, 4) is 44.8 Å². The van der Waals surface area contributed by atoms with Crippen LogP contribution in [0.3, 0.4) is 0 Å². The van der Waals surface area contributed by atoms with E-state index in [0.717, 1.165) is 27.0 Å². The van der Waals surface area contributed by atoms with Gasteiger partial charge >= 0.3 is 0 Å². The molecule has 2 heteroatoms. The Balaban J connectivity index is 1.88. The number of aromatic nitrogens is 1. The van der Waals surface area contributed by atoms with Crippen molar-refractivity contribution < 1.29 is 0 Å². The van der Waals surface area contributed by atoms with Crippen molar-refractivity contribution in [3.63, 3.8) is 0 Å². The lowest BCUT2D eigenvalue weighted by atomic mass is 9.83. The van der Waals surface area contributed by atoms with Crippen LogP contribution < -0.4 is 0 Å². The quantitative estimate of drug-likeness (QED) is 0.237. The number of nitrogens with zero attached hydrogens (tertiary/aromatic N) is 1. The molecule has 0 aliphatic heterocycles. The zero-order valence-electron chi connectivity index (χ0n) is 20.1. The molecular weight excluding hydrogens is 478 g/mol. The zero-order valence-corrected chi connectivity index (χ0v) is 21.6. The molecule has 1 nitrogen and oxygen atoms in total. The third-order valence-corrected chi connectivity index (χ3v) is 7.14. The molecule has 3 aromatic rings. The van der Waals surface area contributed by atoms with Gasteiger partial charge in [-0.25, -0.2) is 4.98 Å². The summed E-state index contributed by atoms with van der Waals surface area (Å²) in [6, 6.07) is 34.4. The van der Waals surface area contributed by atoms with Crippen molar-refractivity contribution in [1.82, 2.24) is 4.98 Å². The second-order valence-corrected chi connectivity index (χ2v) is 10.7. The smallest absolute Gasteiger partial charge is 0.0857 e. The summed E-state index contributed by atoms with van der Waals surface area (Å²) in [5, 5.41) is 0. The molecule has 0 unspecified atom stereocenters. The van der Waals surface area contributed by atoms with E-state index in [2.05, 4.69) is 129 Å². The topological polar surface area (TPSA) is 12.9 Å². The molecule has 2 aliphatic rings. The summed E-state index contributed by atoms with van der Waals surface area (Å²) in [6.07, 6.45) is 0. The Kier molecular flexibility index (Phi) is 5.87. The van der Waals surface area contributed by atoms with E-state index < -0.39 is 0 Å². The maximum atomic E-state index is 5.13. The van der Waals surface area contributed by atoms with Crippen LogP contribution in [0.1, 0.15) is 31.9 Å². The van der Waals surface area contributed by atoms with Gasteiger partial charge in [0.05, 0.1) is 15.9 Å². The van der Waals surface area contributed by atoms with E-state index in [9.17, 15) is 0 Å². The van der Waals surface area contributed by atoms with Crippen LogP contribution in [0.5, 0.6) is 0 Å². The SMILES string of the molecule is Cc1ccc2cc(C(C)(C)C)c(-c3cc(-c4ccccc4)nc(-c4ccccc4)c3Br)c-2cc1. The summed E-state index contributed by atoms with van der Waals surface area (Å²) in [4.78, 5) is 5.13. The molecule has 0 fully saturated rings. The molecule has 0 saturated carbocycles. The predicted molar refractivity (Wildman–Crippen MR) is 148 cm³/mol. The normalized spacial score (nSPS) is 11.7. The minimum Gasteiger partial charge on any atom is -0.247 e. The molecule has 2 aromatic carbocycles. The number of aryl methyl sites for hydroxylation is 1. The predicted octanol–water partition coefficient (Wildman–Crippen LogP) is 9.56. The minimum absolute atomic E-state index is 0.00942. The van der Waals surface area contributed by atoms with Crippen molar-refractivity contribution in [2.75, 3.05) is 0 Å². The summed E-state index contributed by atoms with van der Waals surface area (Å²) in [5.74, 6) is 0. The van der Waals surface area contributed by atoms with Crippen molar-refractivity contribution in [2.24, 2.45) is 0 Å². The summed E-state index contributed by atoms with van der Waals surface area (Å²) in [7, 11) is 0. The van der Waals surface area contributed by atoms with Gasteiger partial charge in [-0.3, -0.25) is 0 Å². The fourth-order valence-electron chi connectivity index (χ4n) is 4.54. The number of halogens is 1. The Hall–Kier alpha value is -3.23. The first kappa shape index (κ1) is 22.6. The second kappa shape index (κ2) is 8.85. The molecule has 0 saturated heterocycles. The first-order chi connectivity index (χ1) is 16.3. The van der Waals surface area contributed by atoms with Crippen molar-refractivity contribution in [1.29, 1.82) is 0 Å². The van der Waals surface area contributed by atoms with Gasteiger partial charge in [-0.1, -0.05) is 111 Å². The number of hydrogen-bond acceptors (Lipinski definition) is 1. The third kappa shape index (κ3) is 4.19. The Morgan fingerprint density at radius 1 is 0.647 bits per heavy atom. The molecule has 1 heterocycles. The monoisotopic (exact) mass is 505 g/mol. The maximum absolute atomic E-state index is 5.13. The van der Waals surface area contributed by atoms with Gasteiger partial charge < -0.3 is 0 Å². The summed E-state index contributed by atoms with van der Waals surface area (Å²) in [5.41, 5.74) is 11.7. The molecule has 0 atom stereocenters. The van der Waals surface area contributed by atoms with Gasteiger partial charge in [-0.2, -0.15) is 0 Å². The van der Waals surface area contributed by atoms with E-state index in [1.807, 2.05) is 12.1 Å². The second-order valence-electron chi connectivity index (χ2n) is 9.91. The molecule has 0 amide bonds. The van der Waals surface area contributed by atoms with E-state index in [4.69, 9.17) is 4.98 Å². The lowest BCUT2D eigenvalue weighted by Gasteiger charge is -2.22. The number of rotatable bonds is 3. The summed E-state index contributed by atoms with van der Waals surface area (Å²) >= 11 is 4.00. The molecule has 5 rings (SSSR count). The number of hydrogen-bond donors (Lipinski definition) is 0. The van der Waals surface area contributed by atoms with Crippen LogP contribution >= 0.6 is 15.9 Å². The molecule has 2 aliphatic carbocycles. The van der Waals surface area contributed by atoms with E-state index in [1.54, 1.807) is 0 Å². The highest BCUT2D eigenvalue weighted by molar-refractivity contribution is 9.10. The van der Waals surface area contributed by atoms with Crippen molar-refractivity contribution >= 4 is 15.9 Å². The van der Waals surface area contributed by atoms with Crippen LogP contribution in [0.15, 0.2) is 102 Å². The van der Waals surface area contributed by atoms with Crippen molar-refractivity contribution in [3.05, 3.63) is 113 Å². The highest BCUT2D eigenvalue weighted by atomic mass is 79.9. The van der Waals surface area contributed by atoms with Crippen molar-refractivity contribution in [2.45, 2.75) is 33.1 Å². The molecular formula is C32H28BrN. The van der Waals surface area contributed by atoms with Gasteiger partial charge in [-0.15, -0.1) is 0 Å². The van der Waals surface area contributed by atoms with Crippen LogP contribution in [0.4, 0.5) is 0 Å². The largest absolute Gasteiger partial charge is 0.247 e. The first-order valence-corrected chi connectivity index (χ1v) is 12.5. The molecule has 1 aromatic heterocycles. The highest BCUT2D eigenvalue weighted by Crippen LogP contribution is 2.48. The van der Waals surface area contributed by atoms with Crippen LogP contribution in [0.2, 0.25) is 0 Å². The van der Waals surface area contributed by atoms with E-state index in [-0.39, 0.29) is 5.41 Å². The molecule has 34 heavy (non-hydrogen) atoms. The van der Waals surface area contributed by atoms with Gasteiger partial charge in [0.15, 0.2) is 0 Å². The Morgan fingerprint density at radius 2 is 1.26 bits per heavy atom. The fourth-order valence-corrected chi connectivity index (χ4v) is 5.17. The Bertz CT molecular complexity index is 1430.